The Labute approximate surface area is 130 Å². The summed E-state index contributed by atoms with van der Waals surface area (Å²) >= 11 is 5.22. The molecule has 0 aliphatic carbocycles. The van der Waals surface area contributed by atoms with E-state index in [-0.39, 0.29) is 6.04 Å². The van der Waals surface area contributed by atoms with Gasteiger partial charge in [0.2, 0.25) is 0 Å². The molecule has 5 heteroatoms. The lowest BCUT2D eigenvalue weighted by atomic mass is 10.0. The topological polar surface area (TPSA) is 12.0 Å². The molecule has 2 rings (SSSR count). The van der Waals surface area contributed by atoms with E-state index in [1.54, 1.807) is 17.4 Å². The summed E-state index contributed by atoms with van der Waals surface area (Å²) in [5, 5.41) is 5.44. The zero-order valence-electron chi connectivity index (χ0n) is 11.1. The highest BCUT2D eigenvalue weighted by molar-refractivity contribution is 9.10. The van der Waals surface area contributed by atoms with Gasteiger partial charge in [0.25, 0.3) is 0 Å². The molecule has 0 spiro atoms. The minimum Gasteiger partial charge on any atom is -0.314 e. The number of hydrogen-bond donors (Lipinski definition) is 1. The van der Waals surface area contributed by atoms with E-state index in [1.165, 1.54) is 17.0 Å². The molecule has 108 valence electrons. The van der Waals surface area contributed by atoms with Crippen molar-refractivity contribution in [2.24, 2.45) is 0 Å². The maximum Gasteiger partial charge on any atom is 0.159 e. The predicted octanol–water partition coefficient (Wildman–Crippen LogP) is 4.55. The van der Waals surface area contributed by atoms with Crippen molar-refractivity contribution >= 4 is 27.3 Å². The van der Waals surface area contributed by atoms with Gasteiger partial charge >= 0.3 is 0 Å². The van der Waals surface area contributed by atoms with Crippen LogP contribution in [0.15, 0.2) is 34.1 Å². The Hall–Kier alpha value is -0.780. The van der Waals surface area contributed by atoms with Crippen LogP contribution in [0.1, 0.15) is 17.4 Å². The fraction of sp³-hybridized carbons (Fsp3) is 0.333. The standard InChI is InChI=1S/C15H16BrF2NS/c1-2-19-11(9-15-12(16)5-6-20-15)7-10-3-4-13(17)14(18)8-10/h3-6,8,11,19H,2,7,9H2,1H3. The molecular formula is C15H16BrF2NS. The highest BCUT2D eigenvalue weighted by atomic mass is 79.9. The third kappa shape index (κ3) is 4.11. The van der Waals surface area contributed by atoms with Crippen molar-refractivity contribution in [3.05, 3.63) is 56.2 Å². The summed E-state index contributed by atoms with van der Waals surface area (Å²) in [5.74, 6) is -1.58. The van der Waals surface area contributed by atoms with E-state index in [0.717, 1.165) is 23.0 Å². The van der Waals surface area contributed by atoms with Crippen molar-refractivity contribution in [3.8, 4) is 0 Å². The number of likely N-dealkylation sites (N-methyl/N-ethyl adjacent to an activating group) is 1. The van der Waals surface area contributed by atoms with Crippen LogP contribution in [0.25, 0.3) is 0 Å². The van der Waals surface area contributed by atoms with Crippen LogP contribution in [0.4, 0.5) is 8.78 Å². The molecule has 1 heterocycles. The fourth-order valence-corrected chi connectivity index (χ4v) is 3.75. The molecular weight excluding hydrogens is 344 g/mol. The van der Waals surface area contributed by atoms with E-state index < -0.39 is 11.6 Å². The molecule has 0 aliphatic heterocycles. The molecule has 0 aliphatic rings. The van der Waals surface area contributed by atoms with Crippen LogP contribution in [0.2, 0.25) is 0 Å². The summed E-state index contributed by atoms with van der Waals surface area (Å²) in [6.07, 6.45) is 1.54. The number of benzene rings is 1. The zero-order chi connectivity index (χ0) is 14.5. The Morgan fingerprint density at radius 2 is 2.00 bits per heavy atom. The summed E-state index contributed by atoms with van der Waals surface area (Å²) < 4.78 is 27.3. The van der Waals surface area contributed by atoms with Crippen molar-refractivity contribution in [1.82, 2.24) is 5.32 Å². The van der Waals surface area contributed by atoms with E-state index in [2.05, 4.69) is 21.2 Å². The molecule has 0 bridgehead atoms. The highest BCUT2D eigenvalue weighted by Crippen LogP contribution is 2.25. The fourth-order valence-electron chi connectivity index (χ4n) is 2.15. The molecule has 0 amide bonds. The van der Waals surface area contributed by atoms with Gasteiger partial charge in [-0.1, -0.05) is 13.0 Å². The summed E-state index contributed by atoms with van der Waals surface area (Å²) in [7, 11) is 0. The average Bonchev–Trinajstić information content (AvgIpc) is 2.80. The molecule has 0 saturated carbocycles. The Balaban J connectivity index is 2.08. The lowest BCUT2D eigenvalue weighted by Crippen LogP contribution is -2.32. The Bertz CT molecular complexity index is 571. The molecule has 1 atom stereocenters. The van der Waals surface area contributed by atoms with Gasteiger partial charge in [-0.2, -0.15) is 0 Å². The van der Waals surface area contributed by atoms with Gasteiger partial charge in [0.05, 0.1) is 0 Å². The van der Waals surface area contributed by atoms with E-state index in [9.17, 15) is 8.78 Å². The smallest absolute Gasteiger partial charge is 0.159 e. The predicted molar refractivity (Wildman–Crippen MR) is 83.2 cm³/mol. The van der Waals surface area contributed by atoms with Crippen LogP contribution in [-0.2, 0) is 12.8 Å². The first kappa shape index (κ1) is 15.6. The van der Waals surface area contributed by atoms with Crippen LogP contribution in [-0.4, -0.2) is 12.6 Å². The lowest BCUT2D eigenvalue weighted by Gasteiger charge is -2.17. The number of halogens is 3. The maximum absolute atomic E-state index is 13.3. The second-order valence-corrected chi connectivity index (χ2v) is 6.46. The van der Waals surface area contributed by atoms with E-state index >= 15 is 0 Å². The molecule has 0 radical (unpaired) electrons. The molecule has 2 aromatic rings. The molecule has 1 aromatic carbocycles. The molecule has 0 fully saturated rings. The van der Waals surface area contributed by atoms with Gasteiger partial charge in [-0.25, -0.2) is 8.78 Å². The first-order valence-electron chi connectivity index (χ1n) is 6.49. The van der Waals surface area contributed by atoms with Crippen molar-refractivity contribution in [1.29, 1.82) is 0 Å². The van der Waals surface area contributed by atoms with Gasteiger partial charge in [0.15, 0.2) is 11.6 Å². The van der Waals surface area contributed by atoms with Gasteiger partial charge in [-0.15, -0.1) is 11.3 Å². The Kier molecular flexibility index (Phi) is 5.69. The van der Waals surface area contributed by atoms with Gasteiger partial charge in [-0.05, 0) is 64.5 Å². The van der Waals surface area contributed by atoms with Crippen LogP contribution in [0.3, 0.4) is 0 Å². The van der Waals surface area contributed by atoms with E-state index in [4.69, 9.17) is 0 Å². The van der Waals surface area contributed by atoms with Gasteiger partial charge in [-0.3, -0.25) is 0 Å². The van der Waals surface area contributed by atoms with Gasteiger partial charge in [0, 0.05) is 15.4 Å². The number of thiophene rings is 1. The third-order valence-electron chi connectivity index (χ3n) is 3.08. The Morgan fingerprint density at radius 1 is 1.20 bits per heavy atom. The van der Waals surface area contributed by atoms with Crippen molar-refractivity contribution < 1.29 is 8.78 Å². The van der Waals surface area contributed by atoms with E-state index in [0.29, 0.717) is 6.42 Å². The first-order chi connectivity index (χ1) is 9.60. The number of hydrogen-bond acceptors (Lipinski definition) is 2. The van der Waals surface area contributed by atoms with Crippen molar-refractivity contribution in [2.75, 3.05) is 6.54 Å². The second kappa shape index (κ2) is 7.29. The zero-order valence-corrected chi connectivity index (χ0v) is 13.5. The summed E-state index contributed by atoms with van der Waals surface area (Å²) in [5.41, 5.74) is 0.808. The summed E-state index contributed by atoms with van der Waals surface area (Å²) in [6, 6.07) is 6.35. The minimum absolute atomic E-state index is 0.208. The lowest BCUT2D eigenvalue weighted by molar-refractivity contribution is 0.498. The molecule has 20 heavy (non-hydrogen) atoms. The molecule has 0 saturated heterocycles. The van der Waals surface area contributed by atoms with Crippen LogP contribution in [0.5, 0.6) is 0 Å². The van der Waals surface area contributed by atoms with Crippen LogP contribution < -0.4 is 5.32 Å². The molecule has 1 unspecified atom stereocenters. The number of nitrogens with one attached hydrogen (secondary N) is 1. The maximum atomic E-state index is 13.3. The van der Waals surface area contributed by atoms with Crippen LogP contribution >= 0.6 is 27.3 Å². The normalized spacial score (nSPS) is 12.6. The quantitative estimate of drug-likeness (QED) is 0.797. The van der Waals surface area contributed by atoms with Gasteiger partial charge < -0.3 is 5.32 Å². The SMILES string of the molecule is CCNC(Cc1ccc(F)c(F)c1)Cc1sccc1Br. The third-order valence-corrected chi connectivity index (χ3v) is 5.03. The molecule has 1 nitrogen and oxygen atoms in total. The van der Waals surface area contributed by atoms with Crippen molar-refractivity contribution in [3.63, 3.8) is 0 Å². The first-order valence-corrected chi connectivity index (χ1v) is 8.16. The molecule has 1 aromatic heterocycles. The number of rotatable bonds is 6. The monoisotopic (exact) mass is 359 g/mol. The van der Waals surface area contributed by atoms with Crippen molar-refractivity contribution in [2.45, 2.75) is 25.8 Å². The molecule has 1 N–H and O–H groups in total. The Morgan fingerprint density at radius 3 is 2.60 bits per heavy atom. The highest BCUT2D eigenvalue weighted by Gasteiger charge is 2.13. The second-order valence-electron chi connectivity index (χ2n) is 4.60. The largest absolute Gasteiger partial charge is 0.314 e. The van der Waals surface area contributed by atoms with Crippen LogP contribution in [0, 0.1) is 11.6 Å². The summed E-state index contributed by atoms with van der Waals surface area (Å²) in [4.78, 5) is 1.26. The minimum atomic E-state index is -0.797. The van der Waals surface area contributed by atoms with Gasteiger partial charge in [0.1, 0.15) is 0 Å². The summed E-state index contributed by atoms with van der Waals surface area (Å²) in [6.45, 7) is 2.89. The average molecular weight is 360 g/mol. The van der Waals surface area contributed by atoms with E-state index in [1.807, 2.05) is 18.4 Å².